The molecule has 1 aliphatic rings. The number of halogens is 3. The van der Waals surface area contributed by atoms with Gasteiger partial charge in [0.25, 0.3) is 0 Å². The van der Waals surface area contributed by atoms with E-state index in [0.29, 0.717) is 42.9 Å². The third-order valence-corrected chi connectivity index (χ3v) is 4.43. The molecule has 0 saturated heterocycles. The minimum Gasteiger partial charge on any atom is -0.480 e. The van der Waals surface area contributed by atoms with Gasteiger partial charge in [0.05, 0.1) is 0 Å². The fourth-order valence-corrected chi connectivity index (χ4v) is 2.95. The highest BCUT2D eigenvalue weighted by molar-refractivity contribution is 7.15. The van der Waals surface area contributed by atoms with Crippen LogP contribution in [0.4, 0.5) is 18.3 Å². The molecule has 2 N–H and O–H groups in total. The molecule has 1 aromatic heterocycles. The molecule has 0 spiro atoms. The SMILES string of the molecule is CC1CCC(Nc2nnc(C(F)(F)F)s2)(C(=O)O)CC1. The second-order valence-corrected chi connectivity index (χ2v) is 6.08. The Bertz CT molecular complexity index is 495. The van der Waals surface area contributed by atoms with Crippen LogP contribution < -0.4 is 5.32 Å². The first-order valence-electron chi connectivity index (χ1n) is 6.15. The minimum atomic E-state index is -4.56. The van der Waals surface area contributed by atoms with Crippen LogP contribution in [0.3, 0.4) is 0 Å². The van der Waals surface area contributed by atoms with Crippen molar-refractivity contribution < 1.29 is 23.1 Å². The highest BCUT2D eigenvalue weighted by Gasteiger charge is 2.43. The number of anilines is 1. The van der Waals surface area contributed by atoms with Gasteiger partial charge in [0, 0.05) is 0 Å². The van der Waals surface area contributed by atoms with Gasteiger partial charge in [-0.2, -0.15) is 13.2 Å². The Morgan fingerprint density at radius 1 is 1.40 bits per heavy atom. The van der Waals surface area contributed by atoms with Gasteiger partial charge in [0.1, 0.15) is 5.54 Å². The van der Waals surface area contributed by atoms with Crippen molar-refractivity contribution in [3.8, 4) is 0 Å². The molecule has 2 rings (SSSR count). The molecule has 0 unspecified atom stereocenters. The fourth-order valence-electron chi connectivity index (χ4n) is 2.24. The van der Waals surface area contributed by atoms with Gasteiger partial charge >= 0.3 is 12.1 Å². The third kappa shape index (κ3) is 3.02. The van der Waals surface area contributed by atoms with Crippen LogP contribution in [0.25, 0.3) is 0 Å². The van der Waals surface area contributed by atoms with Crippen LogP contribution in [0, 0.1) is 5.92 Å². The van der Waals surface area contributed by atoms with Crippen molar-refractivity contribution in [2.75, 3.05) is 5.32 Å². The Balaban J connectivity index is 2.17. The van der Waals surface area contributed by atoms with Crippen molar-refractivity contribution in [1.29, 1.82) is 0 Å². The number of nitrogens with zero attached hydrogens (tertiary/aromatic N) is 2. The highest BCUT2D eigenvalue weighted by atomic mass is 32.1. The molecule has 0 amide bonds. The van der Waals surface area contributed by atoms with Crippen molar-refractivity contribution in [1.82, 2.24) is 10.2 Å². The molecule has 1 aliphatic carbocycles. The number of carbonyl (C=O) groups is 1. The van der Waals surface area contributed by atoms with Gasteiger partial charge in [-0.3, -0.25) is 0 Å². The largest absolute Gasteiger partial charge is 0.480 e. The molecule has 1 aromatic rings. The number of nitrogens with one attached hydrogen (secondary N) is 1. The summed E-state index contributed by atoms with van der Waals surface area (Å²) in [4.78, 5) is 11.5. The van der Waals surface area contributed by atoms with Crippen molar-refractivity contribution in [3.63, 3.8) is 0 Å². The van der Waals surface area contributed by atoms with Crippen LogP contribution in [0.15, 0.2) is 0 Å². The molecule has 0 aromatic carbocycles. The number of rotatable bonds is 3. The molecule has 1 heterocycles. The van der Waals surface area contributed by atoms with Gasteiger partial charge in [0.15, 0.2) is 0 Å². The maximum absolute atomic E-state index is 12.4. The van der Waals surface area contributed by atoms with E-state index >= 15 is 0 Å². The molecule has 0 aliphatic heterocycles. The molecule has 1 saturated carbocycles. The summed E-state index contributed by atoms with van der Waals surface area (Å²) >= 11 is 0.329. The summed E-state index contributed by atoms with van der Waals surface area (Å²) in [6.07, 6.45) is -2.40. The van der Waals surface area contributed by atoms with E-state index in [2.05, 4.69) is 15.5 Å². The normalized spacial score (nSPS) is 27.3. The number of hydrogen-bond acceptors (Lipinski definition) is 5. The molecule has 20 heavy (non-hydrogen) atoms. The molecule has 0 bridgehead atoms. The van der Waals surface area contributed by atoms with Gasteiger partial charge < -0.3 is 10.4 Å². The van der Waals surface area contributed by atoms with Gasteiger partial charge in [0.2, 0.25) is 10.1 Å². The van der Waals surface area contributed by atoms with Gasteiger partial charge in [-0.05, 0) is 31.6 Å². The highest BCUT2D eigenvalue weighted by Crippen LogP contribution is 2.38. The first-order valence-corrected chi connectivity index (χ1v) is 6.97. The molecular formula is C11H14F3N3O2S. The second-order valence-electron chi connectivity index (χ2n) is 5.10. The number of carboxylic acid groups (broad SMARTS) is 1. The summed E-state index contributed by atoms with van der Waals surface area (Å²) in [5, 5.41) is 17.3. The first kappa shape index (κ1) is 15.0. The molecular weight excluding hydrogens is 295 g/mol. The van der Waals surface area contributed by atoms with Crippen LogP contribution in [0.1, 0.15) is 37.6 Å². The average molecular weight is 309 g/mol. The summed E-state index contributed by atoms with van der Waals surface area (Å²) in [6, 6.07) is 0. The maximum Gasteiger partial charge on any atom is 0.445 e. The lowest BCUT2D eigenvalue weighted by molar-refractivity contribution is -0.143. The molecule has 0 atom stereocenters. The number of carboxylic acids is 1. The number of aliphatic carboxylic acids is 1. The Hall–Kier alpha value is -1.38. The van der Waals surface area contributed by atoms with E-state index in [9.17, 15) is 23.1 Å². The Morgan fingerprint density at radius 3 is 2.45 bits per heavy atom. The zero-order valence-electron chi connectivity index (χ0n) is 10.7. The molecule has 9 heteroatoms. The number of hydrogen-bond donors (Lipinski definition) is 2. The zero-order chi connectivity index (χ0) is 15.0. The van der Waals surface area contributed by atoms with E-state index in [0.717, 1.165) is 0 Å². The van der Waals surface area contributed by atoms with E-state index in [4.69, 9.17) is 0 Å². The number of alkyl halides is 3. The van der Waals surface area contributed by atoms with Gasteiger partial charge in [-0.15, -0.1) is 10.2 Å². The van der Waals surface area contributed by atoms with Crippen LogP contribution in [0.5, 0.6) is 0 Å². The first-order chi connectivity index (χ1) is 9.23. The predicted octanol–water partition coefficient (Wildman–Crippen LogP) is 3.00. The molecule has 5 nitrogen and oxygen atoms in total. The van der Waals surface area contributed by atoms with Gasteiger partial charge in [-0.25, -0.2) is 4.79 Å². The summed E-state index contributed by atoms with van der Waals surface area (Å²) in [6.45, 7) is 2.03. The summed E-state index contributed by atoms with van der Waals surface area (Å²) < 4.78 is 37.3. The fraction of sp³-hybridized carbons (Fsp3) is 0.727. The Kier molecular flexibility index (Phi) is 3.90. The zero-order valence-corrected chi connectivity index (χ0v) is 11.5. The van der Waals surface area contributed by atoms with Crippen LogP contribution >= 0.6 is 11.3 Å². The standard InChI is InChI=1S/C11H14F3N3O2S/c1-6-2-4-10(5-3-6,8(18)19)15-9-17-16-7(20-9)11(12,13)14/h6H,2-5H2,1H3,(H,15,17)(H,18,19). The average Bonchev–Trinajstić information content (AvgIpc) is 2.80. The molecule has 112 valence electrons. The summed E-state index contributed by atoms with van der Waals surface area (Å²) in [5.74, 6) is -0.641. The summed E-state index contributed by atoms with van der Waals surface area (Å²) in [7, 11) is 0. The van der Waals surface area contributed by atoms with E-state index in [1.165, 1.54) is 0 Å². The van der Waals surface area contributed by atoms with Crippen molar-refractivity contribution in [3.05, 3.63) is 5.01 Å². The van der Waals surface area contributed by atoms with E-state index in [1.54, 1.807) is 0 Å². The van der Waals surface area contributed by atoms with E-state index in [1.807, 2.05) is 6.92 Å². The smallest absolute Gasteiger partial charge is 0.445 e. The van der Waals surface area contributed by atoms with E-state index < -0.39 is 22.7 Å². The van der Waals surface area contributed by atoms with Crippen LogP contribution in [0.2, 0.25) is 0 Å². The predicted molar refractivity (Wildman–Crippen MR) is 66.5 cm³/mol. The minimum absolute atomic E-state index is 0.103. The van der Waals surface area contributed by atoms with Crippen molar-refractivity contribution in [2.45, 2.75) is 44.3 Å². The van der Waals surface area contributed by atoms with Crippen LogP contribution in [-0.4, -0.2) is 26.8 Å². The lowest BCUT2D eigenvalue weighted by Gasteiger charge is -2.36. The second kappa shape index (κ2) is 5.19. The van der Waals surface area contributed by atoms with Crippen LogP contribution in [-0.2, 0) is 11.0 Å². The maximum atomic E-state index is 12.4. The Labute approximate surface area is 117 Å². The topological polar surface area (TPSA) is 75.1 Å². The van der Waals surface area contributed by atoms with Gasteiger partial charge in [-0.1, -0.05) is 18.3 Å². The number of aromatic nitrogens is 2. The third-order valence-electron chi connectivity index (χ3n) is 3.55. The lowest BCUT2D eigenvalue weighted by Crippen LogP contribution is -2.48. The van der Waals surface area contributed by atoms with E-state index in [-0.39, 0.29) is 5.13 Å². The molecule has 1 fully saturated rings. The summed E-state index contributed by atoms with van der Waals surface area (Å²) in [5.41, 5.74) is -1.24. The monoisotopic (exact) mass is 309 g/mol. The molecule has 0 radical (unpaired) electrons. The Morgan fingerprint density at radius 2 is 2.00 bits per heavy atom. The quantitative estimate of drug-likeness (QED) is 0.897. The van der Waals surface area contributed by atoms with Crippen molar-refractivity contribution >= 4 is 22.4 Å². The lowest BCUT2D eigenvalue weighted by atomic mass is 9.77. The van der Waals surface area contributed by atoms with Crippen molar-refractivity contribution in [2.24, 2.45) is 5.92 Å².